The zero-order valence-electron chi connectivity index (χ0n) is 27.9. The summed E-state index contributed by atoms with van der Waals surface area (Å²) in [4.78, 5) is 33.0. The fourth-order valence-electron chi connectivity index (χ4n) is 4.69. The average molecular weight is 629 g/mol. The number of ether oxygens (including phenoxy) is 2. The van der Waals surface area contributed by atoms with Gasteiger partial charge in [-0.2, -0.15) is 0 Å². The topological polar surface area (TPSA) is 92.4 Å². The number of rotatable bonds is 11. The van der Waals surface area contributed by atoms with Crippen molar-refractivity contribution >= 4 is 35.0 Å². The highest BCUT2D eigenvalue weighted by atomic mass is 19.1. The van der Waals surface area contributed by atoms with Gasteiger partial charge in [-0.05, 0) is 67.7 Å². The Bertz CT molecular complexity index is 1180. The summed E-state index contributed by atoms with van der Waals surface area (Å²) in [6, 6.07) is 12.9. The van der Waals surface area contributed by atoms with E-state index in [2.05, 4.69) is 10.8 Å². The summed E-state index contributed by atoms with van der Waals surface area (Å²) in [5.41, 5.74) is 5.56. The van der Waals surface area contributed by atoms with Crippen molar-refractivity contribution in [3.05, 3.63) is 59.9 Å². The highest BCUT2D eigenvalue weighted by Crippen LogP contribution is 2.27. The summed E-state index contributed by atoms with van der Waals surface area (Å²) in [5, 5.41) is 3.05. The molecule has 250 valence electrons. The van der Waals surface area contributed by atoms with E-state index in [9.17, 15) is 14.0 Å². The Balaban J connectivity index is 0.000000300. The number of benzene rings is 2. The monoisotopic (exact) mass is 628 g/mol. The number of nitrogens with zero attached hydrogens (tertiary/aromatic N) is 2. The third kappa shape index (κ3) is 12.8. The van der Waals surface area contributed by atoms with Crippen LogP contribution in [0.4, 0.5) is 21.5 Å². The summed E-state index contributed by atoms with van der Waals surface area (Å²) >= 11 is 0. The van der Waals surface area contributed by atoms with Gasteiger partial charge in [-0.25, -0.2) is 14.7 Å². The van der Waals surface area contributed by atoms with Crippen LogP contribution in [0, 0.1) is 11.7 Å². The lowest BCUT2D eigenvalue weighted by molar-refractivity contribution is -0.198. The van der Waals surface area contributed by atoms with Crippen LogP contribution in [0.15, 0.2) is 48.5 Å². The van der Waals surface area contributed by atoms with Gasteiger partial charge in [0, 0.05) is 63.1 Å². The van der Waals surface area contributed by atoms with Gasteiger partial charge in [-0.3, -0.25) is 9.59 Å². The van der Waals surface area contributed by atoms with Crippen LogP contribution in [0.1, 0.15) is 72.3 Å². The SMILES string of the molecule is CC.CCCN(C(=O)C(C)CC)c1ccc(N2CCOCC2)c(F)c1.CNc1cccc(/C=C/C(=O)NOC2CCCCO2)c1. The van der Waals surface area contributed by atoms with Crippen LogP contribution in [0.2, 0.25) is 0 Å². The molecular formula is C35H53FN4O5. The normalized spacial score (nSPS) is 16.9. The van der Waals surface area contributed by atoms with Gasteiger partial charge in [0.25, 0.3) is 5.91 Å². The maximum atomic E-state index is 14.6. The van der Waals surface area contributed by atoms with Crippen molar-refractivity contribution < 1.29 is 28.3 Å². The van der Waals surface area contributed by atoms with E-state index in [0.29, 0.717) is 50.8 Å². The molecule has 2 aromatic rings. The molecule has 2 fully saturated rings. The van der Waals surface area contributed by atoms with E-state index in [0.717, 1.165) is 43.4 Å². The zero-order valence-corrected chi connectivity index (χ0v) is 27.9. The van der Waals surface area contributed by atoms with Crippen LogP contribution < -0.4 is 20.6 Å². The number of hydroxylamine groups is 1. The molecule has 0 aliphatic carbocycles. The number of hydrogen-bond acceptors (Lipinski definition) is 7. The van der Waals surface area contributed by atoms with Gasteiger partial charge in [0.05, 0.1) is 18.9 Å². The van der Waals surface area contributed by atoms with Crippen molar-refractivity contribution in [3.63, 3.8) is 0 Å². The Hall–Kier alpha value is -3.47. The number of carbonyl (C=O) groups is 2. The van der Waals surface area contributed by atoms with Crippen molar-refractivity contribution in [2.24, 2.45) is 5.92 Å². The van der Waals surface area contributed by atoms with E-state index < -0.39 is 0 Å². The molecule has 2 aliphatic rings. The smallest absolute Gasteiger partial charge is 0.267 e. The first-order valence-corrected chi connectivity index (χ1v) is 16.3. The third-order valence-corrected chi connectivity index (χ3v) is 7.37. The molecule has 0 spiro atoms. The number of anilines is 3. The number of amides is 2. The maximum absolute atomic E-state index is 14.6. The predicted octanol–water partition coefficient (Wildman–Crippen LogP) is 6.79. The van der Waals surface area contributed by atoms with Gasteiger partial charge < -0.3 is 24.6 Å². The van der Waals surface area contributed by atoms with E-state index in [1.807, 2.05) is 76.9 Å². The molecule has 0 saturated carbocycles. The van der Waals surface area contributed by atoms with E-state index in [1.165, 1.54) is 12.1 Å². The Morgan fingerprint density at radius 2 is 1.87 bits per heavy atom. The van der Waals surface area contributed by atoms with Crippen LogP contribution in [-0.2, 0) is 23.9 Å². The van der Waals surface area contributed by atoms with Crippen LogP contribution in [0.25, 0.3) is 6.08 Å². The number of nitrogens with one attached hydrogen (secondary N) is 2. The maximum Gasteiger partial charge on any atom is 0.267 e. The fraction of sp³-hybridized carbons (Fsp3) is 0.543. The van der Waals surface area contributed by atoms with Gasteiger partial charge in [0.1, 0.15) is 5.82 Å². The summed E-state index contributed by atoms with van der Waals surface area (Å²) < 4.78 is 25.2. The van der Waals surface area contributed by atoms with Gasteiger partial charge in [-0.1, -0.05) is 46.8 Å². The minimum atomic E-state index is -0.325. The van der Waals surface area contributed by atoms with E-state index >= 15 is 0 Å². The Morgan fingerprint density at radius 1 is 1.11 bits per heavy atom. The van der Waals surface area contributed by atoms with E-state index in [1.54, 1.807) is 17.0 Å². The first-order chi connectivity index (χ1) is 21.9. The first-order valence-electron chi connectivity index (χ1n) is 16.3. The zero-order chi connectivity index (χ0) is 33.0. The van der Waals surface area contributed by atoms with Gasteiger partial charge in [0.2, 0.25) is 5.91 Å². The molecule has 2 aromatic carbocycles. The molecule has 0 bridgehead atoms. The molecule has 2 aliphatic heterocycles. The molecule has 2 heterocycles. The molecule has 9 nitrogen and oxygen atoms in total. The van der Waals surface area contributed by atoms with Crippen molar-refractivity contribution in [3.8, 4) is 0 Å². The molecule has 2 atom stereocenters. The highest BCUT2D eigenvalue weighted by molar-refractivity contribution is 5.95. The van der Waals surface area contributed by atoms with Crippen molar-refractivity contribution in [1.29, 1.82) is 0 Å². The lowest BCUT2D eigenvalue weighted by Gasteiger charge is -2.30. The summed E-state index contributed by atoms with van der Waals surface area (Å²) in [6.45, 7) is 13.9. The predicted molar refractivity (Wildman–Crippen MR) is 181 cm³/mol. The quantitative estimate of drug-likeness (QED) is 0.209. The highest BCUT2D eigenvalue weighted by Gasteiger charge is 2.22. The van der Waals surface area contributed by atoms with Crippen molar-refractivity contribution in [1.82, 2.24) is 5.48 Å². The standard InChI is InChI=1S/C18H27FN2O2.C15H20N2O3.C2H6/c1-4-8-21(18(22)14(3)5-2)15-6-7-17(16(19)13-15)20-9-11-23-12-10-20;1-16-13-6-4-5-12(11-13)8-9-14(18)17-20-15-7-2-3-10-19-15;1-2/h6-7,13-14H,4-5,8-12H2,1-3H3;4-6,8-9,11,15-16H,2-3,7,10H2,1H3,(H,17,18);1-2H3/b;9-8+;. The van der Waals surface area contributed by atoms with Gasteiger partial charge in [-0.15, -0.1) is 0 Å². The summed E-state index contributed by atoms with van der Waals surface area (Å²) in [6.07, 6.45) is 7.41. The molecular weight excluding hydrogens is 575 g/mol. The summed E-state index contributed by atoms with van der Waals surface area (Å²) in [5.74, 6) is -0.562. The second kappa shape index (κ2) is 21.3. The van der Waals surface area contributed by atoms with Crippen LogP contribution in [-0.4, -0.2) is 64.6 Å². The molecule has 4 rings (SSSR count). The molecule has 0 aromatic heterocycles. The molecule has 45 heavy (non-hydrogen) atoms. The molecule has 2 amide bonds. The van der Waals surface area contributed by atoms with Gasteiger partial charge >= 0.3 is 0 Å². The molecule has 10 heteroatoms. The fourth-order valence-corrected chi connectivity index (χ4v) is 4.69. The van der Waals surface area contributed by atoms with Crippen molar-refractivity contribution in [2.75, 3.05) is 61.6 Å². The molecule has 2 N–H and O–H groups in total. The Labute approximate surface area is 269 Å². The number of halogens is 1. The van der Waals surface area contributed by atoms with Crippen LogP contribution >= 0.6 is 0 Å². The average Bonchev–Trinajstić information content (AvgIpc) is 3.10. The molecule has 2 saturated heterocycles. The lowest BCUT2D eigenvalue weighted by Crippen LogP contribution is -2.37. The van der Waals surface area contributed by atoms with Crippen LogP contribution in [0.5, 0.6) is 0 Å². The number of morpholine rings is 1. The third-order valence-electron chi connectivity index (χ3n) is 7.37. The first kappa shape index (κ1) is 37.7. The Kier molecular flexibility index (Phi) is 17.9. The second-order valence-corrected chi connectivity index (χ2v) is 10.6. The molecule has 0 radical (unpaired) electrons. The van der Waals surface area contributed by atoms with Crippen LogP contribution in [0.3, 0.4) is 0 Å². The minimum absolute atomic E-state index is 0.0523. The number of carbonyl (C=O) groups excluding carboxylic acids is 2. The largest absolute Gasteiger partial charge is 0.388 e. The summed E-state index contributed by atoms with van der Waals surface area (Å²) in [7, 11) is 1.85. The number of hydrogen-bond donors (Lipinski definition) is 2. The second-order valence-electron chi connectivity index (χ2n) is 10.6. The lowest BCUT2D eigenvalue weighted by atomic mass is 10.1. The van der Waals surface area contributed by atoms with Gasteiger partial charge in [0.15, 0.2) is 6.29 Å². The van der Waals surface area contributed by atoms with E-state index in [-0.39, 0.29) is 29.8 Å². The minimum Gasteiger partial charge on any atom is -0.388 e. The molecule has 2 unspecified atom stereocenters. The van der Waals surface area contributed by atoms with Crippen molar-refractivity contribution in [2.45, 2.75) is 73.0 Å². The van der Waals surface area contributed by atoms with E-state index in [4.69, 9.17) is 14.3 Å². The Morgan fingerprint density at radius 3 is 2.49 bits per heavy atom.